The van der Waals surface area contributed by atoms with Crippen molar-refractivity contribution >= 4 is 23.2 Å². The third-order valence-electron chi connectivity index (χ3n) is 5.31. The summed E-state index contributed by atoms with van der Waals surface area (Å²) in [5.41, 5.74) is 3.14. The molecule has 0 fully saturated rings. The second-order valence-electron chi connectivity index (χ2n) is 6.61. The lowest BCUT2D eigenvalue weighted by Gasteiger charge is -2.39. The van der Waals surface area contributed by atoms with E-state index in [0.29, 0.717) is 12.0 Å². The maximum absolute atomic E-state index is 12.8. The summed E-state index contributed by atoms with van der Waals surface area (Å²) in [6.45, 7) is 3.44. The molecule has 3 aliphatic rings. The summed E-state index contributed by atoms with van der Waals surface area (Å²) in [6.07, 6.45) is 2.48. The first-order valence-electron chi connectivity index (χ1n) is 7.68. The van der Waals surface area contributed by atoms with Crippen LogP contribution in [0.15, 0.2) is 35.5 Å². The number of amides is 1. The zero-order valence-corrected chi connectivity index (χ0v) is 12.7. The van der Waals surface area contributed by atoms with E-state index in [2.05, 4.69) is 6.92 Å². The van der Waals surface area contributed by atoms with Gasteiger partial charge in [-0.25, -0.2) is 0 Å². The Hall–Kier alpha value is -2.23. The first kappa shape index (κ1) is 13.4. The van der Waals surface area contributed by atoms with Gasteiger partial charge in [0.2, 0.25) is 5.91 Å². The van der Waals surface area contributed by atoms with Gasteiger partial charge in [-0.15, -0.1) is 0 Å². The van der Waals surface area contributed by atoms with Crippen LogP contribution in [0.3, 0.4) is 0 Å². The number of para-hydroxylation sites is 1. The molecule has 1 amide bonds. The number of Topliss-reactive ketones (excluding diaryl/α,β-unsaturated/α-hetero) is 2. The molecule has 0 saturated heterocycles. The number of carbonyl (C=O) groups is 3. The van der Waals surface area contributed by atoms with Crippen molar-refractivity contribution in [2.24, 2.45) is 5.92 Å². The molecule has 0 spiro atoms. The SMILES string of the molecule is CC(=O)C1C(=O)C2=C3N(C1=O)c1ccccc1C3(C)CCC2. The topological polar surface area (TPSA) is 54.5 Å². The lowest BCUT2D eigenvalue weighted by molar-refractivity contribution is -0.138. The minimum absolute atomic E-state index is 0.275. The molecule has 0 bridgehead atoms. The molecule has 22 heavy (non-hydrogen) atoms. The smallest absolute Gasteiger partial charge is 0.249 e. The minimum Gasteiger partial charge on any atom is -0.299 e. The standard InChI is InChI=1S/C18H17NO3/c1-10(20)14-15(21)11-6-5-9-18(2)12-7-3-4-8-13(12)19(16(11)18)17(14)22/h3-4,7-8,14H,5-6,9H2,1-2H3. The van der Waals surface area contributed by atoms with Gasteiger partial charge < -0.3 is 0 Å². The van der Waals surface area contributed by atoms with E-state index in [1.807, 2.05) is 24.3 Å². The zero-order valence-electron chi connectivity index (χ0n) is 12.7. The predicted molar refractivity (Wildman–Crippen MR) is 81.3 cm³/mol. The fraction of sp³-hybridized carbons (Fsp3) is 0.389. The van der Waals surface area contributed by atoms with Gasteiger partial charge in [-0.1, -0.05) is 18.2 Å². The first-order chi connectivity index (χ1) is 10.5. The molecule has 0 N–H and O–H groups in total. The maximum Gasteiger partial charge on any atom is 0.249 e. The molecule has 2 aliphatic heterocycles. The van der Waals surface area contributed by atoms with Crippen molar-refractivity contribution in [2.45, 2.75) is 38.5 Å². The Kier molecular flexibility index (Phi) is 2.54. The summed E-state index contributed by atoms with van der Waals surface area (Å²) in [5.74, 6) is -2.18. The van der Waals surface area contributed by atoms with Crippen molar-refractivity contribution < 1.29 is 14.4 Å². The van der Waals surface area contributed by atoms with Gasteiger partial charge in [-0.05, 0) is 44.7 Å². The normalized spacial score (nSPS) is 29.5. The molecule has 1 aromatic carbocycles. The van der Waals surface area contributed by atoms with Gasteiger partial charge >= 0.3 is 0 Å². The third kappa shape index (κ3) is 1.40. The highest BCUT2D eigenvalue weighted by Gasteiger charge is 2.55. The van der Waals surface area contributed by atoms with Gasteiger partial charge in [-0.2, -0.15) is 0 Å². The number of nitrogens with zero attached hydrogens (tertiary/aromatic N) is 1. The van der Waals surface area contributed by atoms with Crippen molar-refractivity contribution in [3.05, 3.63) is 41.1 Å². The zero-order chi connectivity index (χ0) is 15.6. The molecule has 4 rings (SSSR count). The van der Waals surface area contributed by atoms with Gasteiger partial charge in [0.1, 0.15) is 5.78 Å². The number of anilines is 1. The van der Waals surface area contributed by atoms with Gasteiger partial charge in [0.15, 0.2) is 11.7 Å². The summed E-state index contributed by atoms with van der Waals surface area (Å²) < 4.78 is 0. The second-order valence-corrected chi connectivity index (χ2v) is 6.61. The van der Waals surface area contributed by atoms with Crippen LogP contribution in [0.25, 0.3) is 0 Å². The van der Waals surface area contributed by atoms with Gasteiger partial charge in [0, 0.05) is 16.7 Å². The summed E-state index contributed by atoms with van der Waals surface area (Å²) in [4.78, 5) is 39.1. The summed E-state index contributed by atoms with van der Waals surface area (Å²) in [7, 11) is 0. The van der Waals surface area contributed by atoms with Gasteiger partial charge in [0.25, 0.3) is 0 Å². The van der Waals surface area contributed by atoms with E-state index in [0.717, 1.165) is 29.8 Å². The lowest BCUT2D eigenvalue weighted by atomic mass is 9.69. The molecule has 2 heterocycles. The molecule has 0 saturated carbocycles. The highest BCUT2D eigenvalue weighted by molar-refractivity contribution is 6.30. The van der Waals surface area contributed by atoms with Crippen molar-refractivity contribution in [3.8, 4) is 0 Å². The van der Waals surface area contributed by atoms with E-state index in [1.54, 1.807) is 4.90 Å². The van der Waals surface area contributed by atoms with Crippen LogP contribution in [-0.4, -0.2) is 17.5 Å². The van der Waals surface area contributed by atoms with Crippen molar-refractivity contribution in [1.82, 2.24) is 0 Å². The van der Waals surface area contributed by atoms with Crippen molar-refractivity contribution in [3.63, 3.8) is 0 Å². The van der Waals surface area contributed by atoms with Crippen LogP contribution >= 0.6 is 0 Å². The number of fused-ring (bicyclic) bond motifs is 3. The average molecular weight is 295 g/mol. The molecular formula is C18H17NO3. The fourth-order valence-corrected chi connectivity index (χ4v) is 4.33. The number of carbonyl (C=O) groups excluding carboxylic acids is 3. The minimum atomic E-state index is -1.16. The molecule has 1 aromatic rings. The quantitative estimate of drug-likeness (QED) is 0.748. The molecule has 112 valence electrons. The molecule has 4 heteroatoms. The Bertz CT molecular complexity index is 776. The fourth-order valence-electron chi connectivity index (χ4n) is 4.33. The summed E-state index contributed by atoms with van der Waals surface area (Å²) >= 11 is 0. The van der Waals surface area contributed by atoms with E-state index in [1.165, 1.54) is 6.92 Å². The Labute approximate surface area is 128 Å². The molecular weight excluding hydrogens is 278 g/mol. The van der Waals surface area contributed by atoms with E-state index >= 15 is 0 Å². The molecule has 2 unspecified atom stereocenters. The van der Waals surface area contributed by atoms with Crippen molar-refractivity contribution in [2.75, 3.05) is 4.90 Å². The van der Waals surface area contributed by atoms with E-state index in [4.69, 9.17) is 0 Å². The van der Waals surface area contributed by atoms with E-state index in [9.17, 15) is 14.4 Å². The van der Waals surface area contributed by atoms with Crippen LogP contribution in [-0.2, 0) is 19.8 Å². The van der Waals surface area contributed by atoms with Crippen LogP contribution in [0.2, 0.25) is 0 Å². The number of benzene rings is 1. The number of hydrogen-bond acceptors (Lipinski definition) is 3. The van der Waals surface area contributed by atoms with Gasteiger partial charge in [0.05, 0.1) is 5.69 Å². The highest BCUT2D eigenvalue weighted by Crippen LogP contribution is 2.56. The third-order valence-corrected chi connectivity index (χ3v) is 5.31. The second kappa shape index (κ2) is 4.15. The summed E-state index contributed by atoms with van der Waals surface area (Å²) in [6, 6.07) is 7.80. The Morgan fingerprint density at radius 3 is 2.73 bits per heavy atom. The molecule has 2 atom stereocenters. The largest absolute Gasteiger partial charge is 0.299 e. The average Bonchev–Trinajstić information content (AvgIpc) is 2.75. The number of rotatable bonds is 1. The Morgan fingerprint density at radius 1 is 1.27 bits per heavy atom. The summed E-state index contributed by atoms with van der Waals surface area (Å²) in [5, 5.41) is 0. The monoisotopic (exact) mass is 295 g/mol. The highest BCUT2D eigenvalue weighted by atomic mass is 16.2. The molecule has 4 nitrogen and oxygen atoms in total. The number of allylic oxidation sites excluding steroid dienone is 2. The lowest BCUT2D eigenvalue weighted by Crippen LogP contribution is -2.50. The maximum atomic E-state index is 12.8. The number of hydrogen-bond donors (Lipinski definition) is 0. The Morgan fingerprint density at radius 2 is 2.00 bits per heavy atom. The number of ketones is 2. The first-order valence-corrected chi connectivity index (χ1v) is 7.68. The predicted octanol–water partition coefficient (Wildman–Crippen LogP) is 2.52. The van der Waals surface area contributed by atoms with Crippen LogP contribution in [0.4, 0.5) is 5.69 Å². The molecule has 0 radical (unpaired) electrons. The van der Waals surface area contributed by atoms with Crippen LogP contribution in [0.1, 0.15) is 38.7 Å². The van der Waals surface area contributed by atoms with Crippen LogP contribution in [0, 0.1) is 5.92 Å². The van der Waals surface area contributed by atoms with Crippen LogP contribution in [0.5, 0.6) is 0 Å². The molecule has 0 aromatic heterocycles. The van der Waals surface area contributed by atoms with Crippen molar-refractivity contribution in [1.29, 1.82) is 0 Å². The van der Waals surface area contributed by atoms with E-state index in [-0.39, 0.29) is 22.9 Å². The molecule has 1 aliphatic carbocycles. The van der Waals surface area contributed by atoms with Crippen LogP contribution < -0.4 is 4.90 Å². The van der Waals surface area contributed by atoms with Gasteiger partial charge in [-0.3, -0.25) is 19.3 Å². The Balaban J connectivity index is 2.05. The van der Waals surface area contributed by atoms with E-state index < -0.39 is 5.92 Å².